The van der Waals surface area contributed by atoms with E-state index >= 15 is 0 Å². The Morgan fingerprint density at radius 3 is 2.82 bits per heavy atom. The van der Waals surface area contributed by atoms with Crippen LogP contribution in [0, 0.1) is 0 Å². The third kappa shape index (κ3) is 2.73. The van der Waals surface area contributed by atoms with Crippen LogP contribution in [-0.2, 0) is 0 Å². The highest BCUT2D eigenvalue weighted by Crippen LogP contribution is 2.35. The number of ether oxygens (including phenoxy) is 2. The molecule has 0 amide bonds. The molecule has 0 N–H and O–H groups in total. The zero-order valence-electron chi connectivity index (χ0n) is 12.6. The van der Waals surface area contributed by atoms with Gasteiger partial charge in [0.2, 0.25) is 6.79 Å². The number of hydrogen-bond acceptors (Lipinski definition) is 3. The summed E-state index contributed by atoms with van der Waals surface area (Å²) < 4.78 is 13.0. The van der Waals surface area contributed by atoms with Gasteiger partial charge in [0.05, 0.1) is 5.69 Å². The average molecular weight is 296 g/mol. The van der Waals surface area contributed by atoms with Crippen LogP contribution in [0.5, 0.6) is 11.5 Å². The molecule has 1 aliphatic heterocycles. The minimum absolute atomic E-state index is 0.298. The van der Waals surface area contributed by atoms with Crippen LogP contribution in [0.25, 0.3) is 0 Å². The first-order valence-electron chi connectivity index (χ1n) is 8.00. The van der Waals surface area contributed by atoms with Gasteiger partial charge < -0.3 is 14.0 Å². The summed E-state index contributed by atoms with van der Waals surface area (Å²) >= 11 is 0. The Morgan fingerprint density at radius 1 is 1.05 bits per heavy atom. The van der Waals surface area contributed by atoms with Crippen molar-refractivity contribution in [2.75, 3.05) is 6.79 Å². The fourth-order valence-corrected chi connectivity index (χ4v) is 3.23. The van der Waals surface area contributed by atoms with Gasteiger partial charge in [-0.05, 0) is 31.0 Å². The lowest BCUT2D eigenvalue weighted by Crippen LogP contribution is -2.10. The molecule has 114 valence electrons. The molecule has 2 heterocycles. The van der Waals surface area contributed by atoms with Gasteiger partial charge in [-0.15, -0.1) is 0 Å². The Bertz CT molecular complexity index is 684. The number of aliphatic imine (C=N–C) groups is 1. The smallest absolute Gasteiger partial charge is 0.231 e. The predicted molar refractivity (Wildman–Crippen MR) is 86.4 cm³/mol. The van der Waals surface area contributed by atoms with Crippen molar-refractivity contribution in [3.05, 3.63) is 42.2 Å². The number of fused-ring (bicyclic) bond motifs is 1. The summed E-state index contributed by atoms with van der Waals surface area (Å²) in [6.07, 6.45) is 13.0. The van der Waals surface area contributed by atoms with E-state index in [4.69, 9.17) is 9.47 Å². The monoisotopic (exact) mass is 296 g/mol. The van der Waals surface area contributed by atoms with E-state index < -0.39 is 0 Å². The van der Waals surface area contributed by atoms with Crippen LogP contribution in [0.2, 0.25) is 0 Å². The SMILES string of the molecule is C(=Nc1ccc2c(c1)OCO2)c1ccn(C2CCCCC2)c1. The highest BCUT2D eigenvalue weighted by molar-refractivity contribution is 5.81. The Morgan fingerprint density at radius 2 is 1.91 bits per heavy atom. The largest absolute Gasteiger partial charge is 0.454 e. The highest BCUT2D eigenvalue weighted by Gasteiger charge is 2.15. The van der Waals surface area contributed by atoms with E-state index in [1.165, 1.54) is 32.1 Å². The maximum Gasteiger partial charge on any atom is 0.231 e. The van der Waals surface area contributed by atoms with Crippen molar-refractivity contribution < 1.29 is 9.47 Å². The maximum atomic E-state index is 5.37. The van der Waals surface area contributed by atoms with Crippen LogP contribution in [0.1, 0.15) is 43.7 Å². The Hall–Kier alpha value is -2.23. The highest BCUT2D eigenvalue weighted by atomic mass is 16.7. The first-order chi connectivity index (χ1) is 10.9. The van der Waals surface area contributed by atoms with E-state index in [1.54, 1.807) is 0 Å². The van der Waals surface area contributed by atoms with Crippen molar-refractivity contribution in [1.29, 1.82) is 0 Å². The van der Waals surface area contributed by atoms with E-state index in [-0.39, 0.29) is 0 Å². The molecule has 1 fully saturated rings. The summed E-state index contributed by atoms with van der Waals surface area (Å²) in [5, 5.41) is 0. The number of benzene rings is 1. The normalized spacial score (nSPS) is 18.2. The second-order valence-electron chi connectivity index (χ2n) is 5.98. The third-order valence-corrected chi connectivity index (χ3v) is 4.45. The molecule has 22 heavy (non-hydrogen) atoms. The first kappa shape index (κ1) is 13.4. The molecule has 0 atom stereocenters. The molecule has 0 unspecified atom stereocenters. The van der Waals surface area contributed by atoms with Crippen molar-refractivity contribution in [2.24, 2.45) is 4.99 Å². The molecule has 2 aromatic rings. The van der Waals surface area contributed by atoms with E-state index in [9.17, 15) is 0 Å². The molecule has 4 nitrogen and oxygen atoms in total. The van der Waals surface area contributed by atoms with Gasteiger partial charge in [-0.2, -0.15) is 0 Å². The van der Waals surface area contributed by atoms with Gasteiger partial charge in [0.1, 0.15) is 0 Å². The summed E-state index contributed by atoms with van der Waals surface area (Å²) in [5.74, 6) is 1.57. The standard InChI is InChI=1S/C18H20N2O2/c1-2-4-16(5-3-1)20-9-8-14(12-20)11-19-15-6-7-17-18(10-15)22-13-21-17/h6-12,16H,1-5,13H2. The van der Waals surface area contributed by atoms with Crippen LogP contribution < -0.4 is 9.47 Å². The molecule has 0 radical (unpaired) electrons. The molecule has 1 aromatic heterocycles. The summed E-state index contributed by atoms with van der Waals surface area (Å²) in [6, 6.07) is 8.56. The number of nitrogens with zero attached hydrogens (tertiary/aromatic N) is 2. The molecule has 1 aromatic carbocycles. The lowest BCUT2D eigenvalue weighted by molar-refractivity contribution is 0.174. The molecular weight excluding hydrogens is 276 g/mol. The van der Waals surface area contributed by atoms with E-state index in [1.807, 2.05) is 24.4 Å². The Kier molecular flexibility index (Phi) is 3.59. The maximum absolute atomic E-state index is 5.37. The predicted octanol–water partition coefficient (Wildman–Crippen LogP) is 4.47. The summed E-state index contributed by atoms with van der Waals surface area (Å²) in [4.78, 5) is 4.54. The third-order valence-electron chi connectivity index (χ3n) is 4.45. The molecular formula is C18H20N2O2. The van der Waals surface area contributed by atoms with Crippen molar-refractivity contribution in [1.82, 2.24) is 4.57 Å². The molecule has 1 saturated carbocycles. The van der Waals surface area contributed by atoms with Gasteiger partial charge in [-0.25, -0.2) is 0 Å². The Balaban J connectivity index is 1.47. The van der Waals surface area contributed by atoms with Gasteiger partial charge in [-0.1, -0.05) is 19.3 Å². The van der Waals surface area contributed by atoms with E-state index in [0.29, 0.717) is 12.8 Å². The molecule has 1 aliphatic carbocycles. The van der Waals surface area contributed by atoms with Crippen molar-refractivity contribution in [3.8, 4) is 11.5 Å². The van der Waals surface area contributed by atoms with Crippen molar-refractivity contribution in [2.45, 2.75) is 38.1 Å². The topological polar surface area (TPSA) is 35.8 Å². The van der Waals surface area contributed by atoms with E-state index in [2.05, 4.69) is 28.0 Å². The van der Waals surface area contributed by atoms with Crippen LogP contribution in [0.4, 0.5) is 5.69 Å². The van der Waals surface area contributed by atoms with Gasteiger partial charge in [0.15, 0.2) is 11.5 Å². The quantitative estimate of drug-likeness (QED) is 0.783. The first-order valence-corrected chi connectivity index (χ1v) is 8.00. The van der Waals surface area contributed by atoms with Crippen molar-refractivity contribution >= 4 is 11.9 Å². The second kappa shape index (κ2) is 5.87. The lowest BCUT2D eigenvalue weighted by Gasteiger charge is -2.23. The molecule has 4 heteroatoms. The second-order valence-corrected chi connectivity index (χ2v) is 5.98. The summed E-state index contributed by atoms with van der Waals surface area (Å²) in [7, 11) is 0. The van der Waals surface area contributed by atoms with Gasteiger partial charge in [-0.3, -0.25) is 4.99 Å². The van der Waals surface area contributed by atoms with Gasteiger partial charge in [0.25, 0.3) is 0 Å². The fourth-order valence-electron chi connectivity index (χ4n) is 3.23. The van der Waals surface area contributed by atoms with Crippen LogP contribution in [0.3, 0.4) is 0 Å². The molecule has 4 rings (SSSR count). The lowest BCUT2D eigenvalue weighted by atomic mass is 9.95. The minimum atomic E-state index is 0.298. The minimum Gasteiger partial charge on any atom is -0.454 e. The van der Waals surface area contributed by atoms with Crippen molar-refractivity contribution in [3.63, 3.8) is 0 Å². The fraction of sp³-hybridized carbons (Fsp3) is 0.389. The molecule has 0 saturated heterocycles. The zero-order chi connectivity index (χ0) is 14.8. The number of hydrogen-bond donors (Lipinski definition) is 0. The van der Waals surface area contributed by atoms with Gasteiger partial charge in [0, 0.05) is 36.3 Å². The van der Waals surface area contributed by atoms with Gasteiger partial charge >= 0.3 is 0 Å². The average Bonchev–Trinajstić information content (AvgIpc) is 3.22. The van der Waals surface area contributed by atoms with E-state index in [0.717, 1.165) is 22.7 Å². The molecule has 2 aliphatic rings. The van der Waals surface area contributed by atoms with Crippen LogP contribution in [-0.4, -0.2) is 17.6 Å². The zero-order valence-corrected chi connectivity index (χ0v) is 12.6. The van der Waals surface area contributed by atoms with Crippen LogP contribution >= 0.6 is 0 Å². The Labute approximate surface area is 130 Å². The molecule has 0 spiro atoms. The van der Waals surface area contributed by atoms with Crippen LogP contribution in [0.15, 0.2) is 41.7 Å². The molecule has 0 bridgehead atoms. The number of rotatable bonds is 3. The number of aromatic nitrogens is 1. The summed E-state index contributed by atoms with van der Waals surface area (Å²) in [6.45, 7) is 0.298. The summed E-state index contributed by atoms with van der Waals surface area (Å²) in [5.41, 5.74) is 2.03.